The number of nitrogens with zero attached hydrogens (tertiary/aromatic N) is 1. The van der Waals surface area contributed by atoms with E-state index in [-0.39, 0.29) is 11.1 Å². The average molecular weight is 331 g/mol. The van der Waals surface area contributed by atoms with Crippen LogP contribution in [0, 0.1) is 5.92 Å². The predicted octanol–water partition coefficient (Wildman–Crippen LogP) is 4.25. The molecule has 1 atom stereocenters. The number of hydrogen-bond donors (Lipinski definition) is 1. The summed E-state index contributed by atoms with van der Waals surface area (Å²) in [7, 11) is 6.14. The van der Waals surface area contributed by atoms with Gasteiger partial charge in [-0.05, 0) is 68.7 Å². The summed E-state index contributed by atoms with van der Waals surface area (Å²) in [4.78, 5) is 0. The third-order valence-corrected chi connectivity index (χ3v) is 6.14. The fraction of sp³-hybridized carbons (Fsp3) is 0.455. The van der Waals surface area contributed by atoms with Crippen LogP contribution in [0.1, 0.15) is 57.6 Å². The molecule has 1 unspecified atom stereocenters. The van der Waals surface area contributed by atoms with Crippen molar-refractivity contribution in [2.45, 2.75) is 57.5 Å². The predicted molar refractivity (Wildman–Crippen MR) is 104 cm³/mol. The molecule has 2 aromatic carbocycles. The molecule has 0 aromatic heterocycles. The second kappa shape index (κ2) is 5.46. The lowest BCUT2D eigenvalue weighted by Gasteiger charge is -2.53. The van der Waals surface area contributed by atoms with E-state index in [0.717, 1.165) is 18.3 Å². The Hall–Kier alpha value is -1.58. The van der Waals surface area contributed by atoms with Crippen LogP contribution in [0.3, 0.4) is 0 Å². The molecule has 2 nitrogen and oxygen atoms in total. The first-order valence-electron chi connectivity index (χ1n) is 9.19. The van der Waals surface area contributed by atoms with Gasteiger partial charge in [0.05, 0.1) is 0 Å². The van der Waals surface area contributed by atoms with Gasteiger partial charge < -0.3 is 5.21 Å². The van der Waals surface area contributed by atoms with Crippen LogP contribution in [0.5, 0.6) is 0 Å². The van der Waals surface area contributed by atoms with Crippen molar-refractivity contribution in [2.75, 3.05) is 0 Å². The summed E-state index contributed by atoms with van der Waals surface area (Å²) in [6, 6.07) is 15.1. The van der Waals surface area contributed by atoms with Crippen molar-refractivity contribution in [3.05, 3.63) is 53.6 Å². The van der Waals surface area contributed by atoms with Gasteiger partial charge in [0.2, 0.25) is 0 Å². The van der Waals surface area contributed by atoms with E-state index >= 15 is 0 Å². The lowest BCUT2D eigenvalue weighted by molar-refractivity contribution is -0.251. The van der Waals surface area contributed by atoms with Crippen molar-refractivity contribution >= 4 is 13.3 Å². The Balaban J connectivity index is 1.84. The Morgan fingerprint density at radius 2 is 1.52 bits per heavy atom. The summed E-state index contributed by atoms with van der Waals surface area (Å²) in [6.07, 6.45) is 1.92. The van der Waals surface area contributed by atoms with E-state index in [1.54, 1.807) is 5.06 Å². The minimum atomic E-state index is -0.246. The lowest BCUT2D eigenvalue weighted by Crippen LogP contribution is -2.59. The van der Waals surface area contributed by atoms with E-state index < -0.39 is 0 Å². The first-order chi connectivity index (χ1) is 11.7. The third-order valence-electron chi connectivity index (χ3n) is 6.14. The Morgan fingerprint density at radius 3 is 2.20 bits per heavy atom. The van der Waals surface area contributed by atoms with Gasteiger partial charge in [-0.1, -0.05) is 47.9 Å². The number of benzene rings is 2. The first-order valence-corrected chi connectivity index (χ1v) is 9.19. The van der Waals surface area contributed by atoms with Crippen LogP contribution >= 0.6 is 0 Å². The molecule has 0 saturated carbocycles. The molecule has 2 radical (unpaired) electrons. The highest BCUT2D eigenvalue weighted by atomic mass is 16.5. The SMILES string of the molecule is [B]c1ccc2c(c1)C(C1CC(C)(C)N(O)C(C)(C)C1)c1ccccc1-2. The molecule has 0 spiro atoms. The summed E-state index contributed by atoms with van der Waals surface area (Å²) in [5, 5.41) is 12.2. The highest BCUT2D eigenvalue weighted by Gasteiger charge is 2.48. The molecule has 4 rings (SSSR count). The minimum absolute atomic E-state index is 0.246. The van der Waals surface area contributed by atoms with E-state index in [1.165, 1.54) is 22.3 Å². The van der Waals surface area contributed by atoms with Gasteiger partial charge >= 0.3 is 0 Å². The summed E-state index contributed by atoms with van der Waals surface area (Å²) < 4.78 is 0. The molecule has 1 aliphatic heterocycles. The minimum Gasteiger partial charge on any atom is -0.313 e. The summed E-state index contributed by atoms with van der Waals surface area (Å²) in [6.45, 7) is 8.56. The fourth-order valence-electron chi connectivity index (χ4n) is 5.36. The monoisotopic (exact) mass is 331 g/mol. The molecule has 2 aromatic rings. The number of hydrogen-bond acceptors (Lipinski definition) is 2. The molecular formula is C22H26BNO. The summed E-state index contributed by atoms with van der Waals surface area (Å²) in [5.41, 5.74) is 5.75. The highest BCUT2D eigenvalue weighted by molar-refractivity contribution is 6.32. The quantitative estimate of drug-likeness (QED) is 0.790. The smallest absolute Gasteiger partial charge is 0.113 e. The van der Waals surface area contributed by atoms with Crippen molar-refractivity contribution in [2.24, 2.45) is 5.92 Å². The molecule has 1 saturated heterocycles. The van der Waals surface area contributed by atoms with Crippen molar-refractivity contribution in [1.29, 1.82) is 0 Å². The Kier molecular flexibility index (Phi) is 3.68. The first kappa shape index (κ1) is 16.9. The van der Waals surface area contributed by atoms with Gasteiger partial charge in [0.25, 0.3) is 0 Å². The van der Waals surface area contributed by atoms with Crippen LogP contribution in [-0.2, 0) is 0 Å². The van der Waals surface area contributed by atoms with E-state index in [0.29, 0.717) is 11.8 Å². The molecule has 0 bridgehead atoms. The maximum atomic E-state index is 10.7. The molecule has 1 aliphatic carbocycles. The number of hydroxylamine groups is 2. The highest BCUT2D eigenvalue weighted by Crippen LogP contribution is 2.54. The summed E-state index contributed by atoms with van der Waals surface area (Å²) >= 11 is 0. The molecule has 3 heteroatoms. The van der Waals surface area contributed by atoms with Gasteiger partial charge in [0.15, 0.2) is 0 Å². The molecule has 1 fully saturated rings. The van der Waals surface area contributed by atoms with Gasteiger partial charge in [0.1, 0.15) is 7.85 Å². The second-order valence-corrected chi connectivity index (χ2v) is 9.02. The van der Waals surface area contributed by atoms with E-state index in [4.69, 9.17) is 7.85 Å². The van der Waals surface area contributed by atoms with E-state index in [2.05, 4.69) is 64.1 Å². The second-order valence-electron chi connectivity index (χ2n) is 9.02. The molecule has 1 heterocycles. The van der Waals surface area contributed by atoms with Crippen molar-refractivity contribution in [3.8, 4) is 11.1 Å². The van der Waals surface area contributed by atoms with E-state index in [9.17, 15) is 5.21 Å². The zero-order chi connectivity index (χ0) is 18.0. The fourth-order valence-corrected chi connectivity index (χ4v) is 5.36. The van der Waals surface area contributed by atoms with Gasteiger partial charge in [0, 0.05) is 17.0 Å². The van der Waals surface area contributed by atoms with Crippen LogP contribution in [0.25, 0.3) is 11.1 Å². The van der Waals surface area contributed by atoms with Gasteiger partial charge in [-0.25, -0.2) is 0 Å². The van der Waals surface area contributed by atoms with Gasteiger partial charge in [-0.15, -0.1) is 0 Å². The van der Waals surface area contributed by atoms with Gasteiger partial charge in [-0.3, -0.25) is 0 Å². The third kappa shape index (κ3) is 2.56. The lowest BCUT2D eigenvalue weighted by atomic mass is 9.68. The van der Waals surface area contributed by atoms with Gasteiger partial charge in [-0.2, -0.15) is 5.06 Å². The number of rotatable bonds is 1. The Labute approximate surface area is 152 Å². The largest absolute Gasteiger partial charge is 0.313 e. The number of piperidine rings is 1. The Morgan fingerprint density at radius 1 is 0.920 bits per heavy atom. The van der Waals surface area contributed by atoms with Crippen LogP contribution in [0.2, 0.25) is 0 Å². The molecule has 25 heavy (non-hydrogen) atoms. The standard InChI is InChI=1S/C22H26BNO/c1-21(2)12-14(13-22(3,4)24(21)25)20-18-8-6-5-7-16(18)17-10-9-15(23)11-19(17)20/h5-11,14,20,25H,12-13H2,1-4H3. The normalized spacial score (nSPS) is 24.8. The van der Waals surface area contributed by atoms with Crippen molar-refractivity contribution in [3.63, 3.8) is 0 Å². The average Bonchev–Trinajstić information content (AvgIpc) is 2.85. The topological polar surface area (TPSA) is 23.5 Å². The number of fused-ring (bicyclic) bond motifs is 3. The van der Waals surface area contributed by atoms with Crippen LogP contribution < -0.4 is 5.46 Å². The molecular weight excluding hydrogens is 305 g/mol. The van der Waals surface area contributed by atoms with Crippen LogP contribution in [-0.4, -0.2) is 29.2 Å². The van der Waals surface area contributed by atoms with Crippen LogP contribution in [0.4, 0.5) is 0 Å². The zero-order valence-corrected chi connectivity index (χ0v) is 15.6. The maximum absolute atomic E-state index is 10.7. The van der Waals surface area contributed by atoms with Crippen LogP contribution in [0.15, 0.2) is 42.5 Å². The zero-order valence-electron chi connectivity index (χ0n) is 15.6. The van der Waals surface area contributed by atoms with E-state index in [1.807, 2.05) is 6.07 Å². The van der Waals surface area contributed by atoms with Crippen molar-refractivity contribution < 1.29 is 5.21 Å². The Bertz CT molecular complexity index is 809. The molecule has 128 valence electrons. The molecule has 0 amide bonds. The summed E-state index contributed by atoms with van der Waals surface area (Å²) in [5.74, 6) is 0.819. The van der Waals surface area contributed by atoms with Crippen molar-refractivity contribution in [1.82, 2.24) is 5.06 Å². The maximum Gasteiger partial charge on any atom is 0.113 e. The molecule has 2 aliphatic rings. The molecule has 1 N–H and O–H groups in total.